The largest absolute Gasteiger partial charge is 0.236 e. The first-order valence-corrected chi connectivity index (χ1v) is 9.90. The van der Waals surface area contributed by atoms with Crippen LogP contribution in [-0.4, -0.2) is 20.0 Å². The number of para-hydroxylation sites is 1. The van der Waals surface area contributed by atoms with Crippen LogP contribution in [0.5, 0.6) is 0 Å². The lowest BCUT2D eigenvalue weighted by Crippen LogP contribution is -2.00. The van der Waals surface area contributed by atoms with Gasteiger partial charge in [-0.15, -0.1) is 5.10 Å². The number of hydrogen-bond acceptors (Lipinski definition) is 4. The van der Waals surface area contributed by atoms with E-state index in [0.717, 1.165) is 44.3 Å². The van der Waals surface area contributed by atoms with Crippen LogP contribution in [0.15, 0.2) is 66.7 Å². The van der Waals surface area contributed by atoms with Gasteiger partial charge in [0.15, 0.2) is 0 Å². The molecular weight excluding hydrogens is 394 g/mol. The summed E-state index contributed by atoms with van der Waals surface area (Å²) in [5, 5.41) is 19.1. The van der Waals surface area contributed by atoms with Gasteiger partial charge >= 0.3 is 0 Å². The second-order valence-electron chi connectivity index (χ2n) is 7.18. The topological polar surface area (TPSA) is 67.4 Å². The molecule has 0 amide bonds. The Morgan fingerprint density at radius 3 is 2.60 bits per heavy atom. The summed E-state index contributed by atoms with van der Waals surface area (Å²) in [7, 11) is 0. The fourth-order valence-corrected chi connectivity index (χ4v) is 4.01. The van der Waals surface area contributed by atoms with Crippen LogP contribution in [0.3, 0.4) is 0 Å². The van der Waals surface area contributed by atoms with Gasteiger partial charge in [-0.1, -0.05) is 41.1 Å². The van der Waals surface area contributed by atoms with Crippen molar-refractivity contribution in [1.29, 1.82) is 5.26 Å². The minimum Gasteiger partial charge on any atom is -0.236 e. The Hall–Kier alpha value is -3.75. The Morgan fingerprint density at radius 1 is 1.00 bits per heavy atom. The molecule has 2 aromatic heterocycles. The molecule has 0 fully saturated rings. The summed E-state index contributed by atoms with van der Waals surface area (Å²) in [5.41, 5.74) is 7.36. The summed E-state index contributed by atoms with van der Waals surface area (Å²) in [5.74, 6) is 0. The van der Waals surface area contributed by atoms with Crippen LogP contribution in [0.4, 0.5) is 0 Å². The Balaban J connectivity index is 1.62. The molecule has 0 spiro atoms. The van der Waals surface area contributed by atoms with Gasteiger partial charge in [0.05, 0.1) is 28.4 Å². The number of aromatic nitrogens is 4. The number of aryl methyl sites for hydroxylation is 1. The smallest absolute Gasteiger partial charge is 0.133 e. The van der Waals surface area contributed by atoms with Crippen LogP contribution in [0.2, 0.25) is 5.15 Å². The van der Waals surface area contributed by atoms with Gasteiger partial charge in [-0.25, -0.2) is 9.67 Å². The maximum absolute atomic E-state index is 9.00. The van der Waals surface area contributed by atoms with Gasteiger partial charge < -0.3 is 0 Å². The van der Waals surface area contributed by atoms with E-state index in [-0.39, 0.29) is 0 Å². The molecule has 0 saturated carbocycles. The predicted octanol–water partition coefficient (Wildman–Crippen LogP) is 5.39. The average molecular weight is 410 g/mol. The van der Waals surface area contributed by atoms with Crippen LogP contribution in [-0.2, 0) is 6.42 Å². The second kappa shape index (κ2) is 7.25. The maximum atomic E-state index is 9.00. The minimum absolute atomic E-state index is 0.503. The third-order valence-corrected chi connectivity index (χ3v) is 5.68. The fourth-order valence-electron chi connectivity index (χ4n) is 3.71. The highest BCUT2D eigenvalue weighted by Crippen LogP contribution is 2.30. The molecule has 0 aliphatic carbocycles. The van der Waals surface area contributed by atoms with Crippen molar-refractivity contribution in [2.45, 2.75) is 13.3 Å². The number of fused-ring (bicyclic) bond motifs is 2. The monoisotopic (exact) mass is 409 g/mol. The van der Waals surface area contributed by atoms with E-state index in [1.807, 2.05) is 65.3 Å². The zero-order valence-electron chi connectivity index (χ0n) is 16.2. The van der Waals surface area contributed by atoms with Crippen LogP contribution in [0.1, 0.15) is 22.3 Å². The quantitative estimate of drug-likeness (QED) is 0.374. The second-order valence-corrected chi connectivity index (χ2v) is 7.54. The maximum Gasteiger partial charge on any atom is 0.133 e. The van der Waals surface area contributed by atoms with Crippen molar-refractivity contribution in [3.05, 3.63) is 94.1 Å². The predicted molar refractivity (Wildman–Crippen MR) is 118 cm³/mol. The number of rotatable bonds is 3. The van der Waals surface area contributed by atoms with Gasteiger partial charge in [-0.2, -0.15) is 5.26 Å². The zero-order chi connectivity index (χ0) is 20.7. The molecule has 5 aromatic rings. The van der Waals surface area contributed by atoms with Gasteiger partial charge in [0.25, 0.3) is 0 Å². The van der Waals surface area contributed by atoms with Crippen molar-refractivity contribution in [1.82, 2.24) is 20.0 Å². The lowest BCUT2D eigenvalue weighted by Gasteiger charge is -2.13. The number of halogens is 1. The highest BCUT2D eigenvalue weighted by molar-refractivity contribution is 6.30. The summed E-state index contributed by atoms with van der Waals surface area (Å²) >= 11 is 6.54. The first-order valence-electron chi connectivity index (χ1n) is 9.52. The van der Waals surface area contributed by atoms with E-state index in [1.165, 1.54) is 0 Å². The third-order valence-electron chi connectivity index (χ3n) is 5.36. The van der Waals surface area contributed by atoms with E-state index < -0.39 is 0 Å². The van der Waals surface area contributed by atoms with Crippen molar-refractivity contribution < 1.29 is 0 Å². The van der Waals surface area contributed by atoms with Crippen LogP contribution >= 0.6 is 11.6 Å². The highest BCUT2D eigenvalue weighted by atomic mass is 35.5. The van der Waals surface area contributed by atoms with E-state index in [4.69, 9.17) is 16.9 Å². The van der Waals surface area contributed by atoms with Crippen LogP contribution in [0.25, 0.3) is 27.6 Å². The summed E-state index contributed by atoms with van der Waals surface area (Å²) in [6, 6.07) is 23.6. The van der Waals surface area contributed by atoms with Gasteiger partial charge in [0.2, 0.25) is 0 Å². The van der Waals surface area contributed by atoms with E-state index in [2.05, 4.69) is 34.4 Å². The molecule has 0 radical (unpaired) electrons. The molecule has 0 bridgehead atoms. The molecule has 6 heteroatoms. The Bertz CT molecular complexity index is 1450. The Morgan fingerprint density at radius 2 is 1.80 bits per heavy atom. The van der Waals surface area contributed by atoms with E-state index in [1.54, 1.807) is 0 Å². The van der Waals surface area contributed by atoms with Gasteiger partial charge in [-0.05, 0) is 66.1 Å². The van der Waals surface area contributed by atoms with Crippen molar-refractivity contribution >= 4 is 33.5 Å². The molecule has 5 rings (SSSR count). The molecule has 3 aromatic carbocycles. The van der Waals surface area contributed by atoms with E-state index in [9.17, 15) is 0 Å². The molecular formula is C24H16ClN5. The summed E-state index contributed by atoms with van der Waals surface area (Å²) in [4.78, 5) is 4.62. The molecule has 0 aliphatic heterocycles. The van der Waals surface area contributed by atoms with Crippen molar-refractivity contribution in [3.63, 3.8) is 0 Å². The van der Waals surface area contributed by atoms with Crippen LogP contribution in [0, 0.1) is 18.3 Å². The molecule has 144 valence electrons. The normalized spacial score (nSPS) is 11.1. The third kappa shape index (κ3) is 3.08. The number of benzene rings is 3. The molecule has 5 nitrogen and oxygen atoms in total. The van der Waals surface area contributed by atoms with Gasteiger partial charge in [-0.3, -0.25) is 0 Å². The molecule has 0 atom stereocenters. The molecule has 30 heavy (non-hydrogen) atoms. The summed E-state index contributed by atoms with van der Waals surface area (Å²) in [6.45, 7) is 2.07. The SMILES string of the molecule is Cc1c(Cc2ccc(C#N)cc2)c(Cl)nc2ccc(-n3nnc4ccccc43)cc12. The lowest BCUT2D eigenvalue weighted by molar-refractivity contribution is 0.825. The number of nitriles is 1. The zero-order valence-corrected chi connectivity index (χ0v) is 16.9. The summed E-state index contributed by atoms with van der Waals surface area (Å²) in [6.07, 6.45) is 0.649. The molecule has 2 heterocycles. The molecule has 0 aliphatic rings. The first kappa shape index (κ1) is 18.3. The number of pyridine rings is 1. The summed E-state index contributed by atoms with van der Waals surface area (Å²) < 4.78 is 1.84. The minimum atomic E-state index is 0.503. The first-order chi connectivity index (χ1) is 14.6. The Labute approximate surface area is 178 Å². The van der Waals surface area contributed by atoms with Crippen LogP contribution < -0.4 is 0 Å². The van der Waals surface area contributed by atoms with Crippen molar-refractivity contribution in [3.8, 4) is 11.8 Å². The van der Waals surface area contributed by atoms with E-state index in [0.29, 0.717) is 17.1 Å². The van der Waals surface area contributed by atoms with Crippen molar-refractivity contribution in [2.24, 2.45) is 0 Å². The fraction of sp³-hybridized carbons (Fsp3) is 0.0833. The molecule has 0 N–H and O–H groups in total. The van der Waals surface area contributed by atoms with E-state index >= 15 is 0 Å². The number of hydrogen-bond donors (Lipinski definition) is 0. The average Bonchev–Trinajstić information content (AvgIpc) is 3.21. The van der Waals surface area contributed by atoms with Gasteiger partial charge in [0, 0.05) is 11.8 Å². The molecule has 0 saturated heterocycles. The Kier molecular flexibility index (Phi) is 4.42. The number of nitrogens with zero attached hydrogens (tertiary/aromatic N) is 5. The molecule has 0 unspecified atom stereocenters. The highest BCUT2D eigenvalue weighted by Gasteiger charge is 2.14. The lowest BCUT2D eigenvalue weighted by atomic mass is 9.98. The van der Waals surface area contributed by atoms with Gasteiger partial charge in [0.1, 0.15) is 10.7 Å². The standard InChI is InChI=1S/C24H16ClN5/c1-15-19-13-18(30-23-5-3-2-4-22(23)28-29-30)10-11-21(19)27-24(25)20(15)12-16-6-8-17(14-26)9-7-16/h2-11,13H,12H2,1H3. The van der Waals surface area contributed by atoms with Crippen molar-refractivity contribution in [2.75, 3.05) is 0 Å².